The normalized spacial score (nSPS) is 15.8. The monoisotopic (exact) mass is 260 g/mol. The summed E-state index contributed by atoms with van der Waals surface area (Å²) in [5, 5.41) is 3.18. The maximum atomic E-state index is 6.34. The summed E-state index contributed by atoms with van der Waals surface area (Å²) in [6.07, 6.45) is 7.79. The molecule has 0 aromatic heterocycles. The lowest BCUT2D eigenvalue weighted by Crippen LogP contribution is -2.13. The molecule has 2 aromatic rings. The SMILES string of the molecule is N/C(=C1/C=CC=CN1)c1ccccc1-c1ccccc1. The highest BCUT2D eigenvalue weighted by Crippen LogP contribution is 2.28. The number of dihydropyridines is 1. The maximum absolute atomic E-state index is 6.34. The number of nitrogens with two attached hydrogens (primary N) is 1. The Labute approximate surface area is 118 Å². The van der Waals surface area contributed by atoms with Gasteiger partial charge in [-0.2, -0.15) is 0 Å². The van der Waals surface area contributed by atoms with Crippen molar-refractivity contribution in [3.8, 4) is 11.1 Å². The lowest BCUT2D eigenvalue weighted by Gasteiger charge is -2.14. The van der Waals surface area contributed by atoms with Gasteiger partial charge in [0.1, 0.15) is 0 Å². The third-order valence-corrected chi connectivity index (χ3v) is 3.30. The molecule has 0 saturated heterocycles. The Morgan fingerprint density at radius 1 is 0.850 bits per heavy atom. The van der Waals surface area contributed by atoms with E-state index in [1.165, 1.54) is 5.56 Å². The maximum Gasteiger partial charge on any atom is 0.0633 e. The zero-order valence-corrected chi connectivity index (χ0v) is 11.1. The Morgan fingerprint density at radius 3 is 2.35 bits per heavy atom. The molecule has 0 radical (unpaired) electrons. The second kappa shape index (κ2) is 5.49. The molecule has 1 heterocycles. The zero-order valence-electron chi connectivity index (χ0n) is 11.1. The van der Waals surface area contributed by atoms with Crippen LogP contribution in [-0.4, -0.2) is 0 Å². The van der Waals surface area contributed by atoms with Crippen LogP contribution in [0.15, 0.2) is 84.7 Å². The average molecular weight is 260 g/mol. The third-order valence-electron chi connectivity index (χ3n) is 3.30. The molecule has 1 aliphatic heterocycles. The molecular weight excluding hydrogens is 244 g/mol. The van der Waals surface area contributed by atoms with Gasteiger partial charge in [-0.25, -0.2) is 0 Å². The molecule has 0 bridgehead atoms. The molecule has 0 fully saturated rings. The van der Waals surface area contributed by atoms with E-state index in [1.807, 2.05) is 54.8 Å². The molecule has 2 heteroatoms. The van der Waals surface area contributed by atoms with E-state index in [9.17, 15) is 0 Å². The molecular formula is C18H16N2. The summed E-state index contributed by atoms with van der Waals surface area (Å²) in [4.78, 5) is 0. The van der Waals surface area contributed by atoms with Crippen molar-refractivity contribution >= 4 is 5.70 Å². The Kier molecular flexibility index (Phi) is 3.38. The van der Waals surface area contributed by atoms with Crippen molar-refractivity contribution in [2.75, 3.05) is 0 Å². The molecule has 0 spiro atoms. The highest BCUT2D eigenvalue weighted by Gasteiger charge is 2.09. The van der Waals surface area contributed by atoms with E-state index in [0.717, 1.165) is 22.5 Å². The highest BCUT2D eigenvalue weighted by molar-refractivity contribution is 5.82. The average Bonchev–Trinajstić information content (AvgIpc) is 2.56. The van der Waals surface area contributed by atoms with Gasteiger partial charge in [0.2, 0.25) is 0 Å². The van der Waals surface area contributed by atoms with E-state index in [4.69, 9.17) is 5.73 Å². The van der Waals surface area contributed by atoms with Crippen molar-refractivity contribution in [2.45, 2.75) is 0 Å². The number of nitrogens with one attached hydrogen (secondary N) is 1. The Morgan fingerprint density at radius 2 is 1.60 bits per heavy atom. The van der Waals surface area contributed by atoms with Crippen molar-refractivity contribution in [1.29, 1.82) is 0 Å². The fraction of sp³-hybridized carbons (Fsp3) is 0. The Bertz CT molecular complexity index is 694. The molecule has 2 aromatic carbocycles. The Hall–Kier alpha value is -2.74. The van der Waals surface area contributed by atoms with Gasteiger partial charge in [0.05, 0.1) is 11.4 Å². The lowest BCUT2D eigenvalue weighted by molar-refractivity contribution is 1.09. The smallest absolute Gasteiger partial charge is 0.0633 e. The van der Waals surface area contributed by atoms with Gasteiger partial charge < -0.3 is 11.1 Å². The minimum absolute atomic E-state index is 0.755. The largest absolute Gasteiger partial charge is 0.397 e. The van der Waals surface area contributed by atoms with Crippen molar-refractivity contribution < 1.29 is 0 Å². The van der Waals surface area contributed by atoms with Crippen molar-refractivity contribution in [2.24, 2.45) is 5.73 Å². The minimum atomic E-state index is 0.755. The van der Waals surface area contributed by atoms with Crippen LogP contribution in [0.1, 0.15) is 5.56 Å². The molecule has 0 amide bonds. The summed E-state index contributed by atoms with van der Waals surface area (Å²) in [5.41, 5.74) is 11.4. The number of rotatable bonds is 2. The van der Waals surface area contributed by atoms with Crippen molar-refractivity contribution in [3.63, 3.8) is 0 Å². The van der Waals surface area contributed by atoms with Gasteiger partial charge in [-0.1, -0.05) is 60.7 Å². The van der Waals surface area contributed by atoms with E-state index < -0.39 is 0 Å². The predicted octanol–water partition coefficient (Wildman–Crippen LogP) is 3.65. The van der Waals surface area contributed by atoms with Crippen LogP contribution in [0.3, 0.4) is 0 Å². The van der Waals surface area contributed by atoms with Gasteiger partial charge in [-0.05, 0) is 23.3 Å². The predicted molar refractivity (Wildman–Crippen MR) is 84.4 cm³/mol. The molecule has 20 heavy (non-hydrogen) atoms. The van der Waals surface area contributed by atoms with E-state index in [-0.39, 0.29) is 0 Å². The lowest BCUT2D eigenvalue weighted by atomic mass is 9.97. The first kappa shape index (κ1) is 12.3. The van der Waals surface area contributed by atoms with E-state index in [2.05, 4.69) is 29.6 Å². The first-order valence-electron chi connectivity index (χ1n) is 6.60. The zero-order chi connectivity index (χ0) is 13.8. The summed E-state index contributed by atoms with van der Waals surface area (Å²) in [6.45, 7) is 0. The summed E-state index contributed by atoms with van der Waals surface area (Å²) in [7, 11) is 0. The molecule has 3 rings (SSSR count). The van der Waals surface area contributed by atoms with Crippen LogP contribution in [0.25, 0.3) is 16.8 Å². The van der Waals surface area contributed by atoms with Crippen LogP contribution in [0, 0.1) is 0 Å². The van der Waals surface area contributed by atoms with Crippen LogP contribution in [0.4, 0.5) is 0 Å². The summed E-state index contributed by atoms with van der Waals surface area (Å²) in [5.74, 6) is 0. The van der Waals surface area contributed by atoms with Gasteiger partial charge in [0.25, 0.3) is 0 Å². The first-order valence-corrected chi connectivity index (χ1v) is 6.60. The molecule has 3 N–H and O–H groups in total. The van der Waals surface area contributed by atoms with Gasteiger partial charge in [-0.15, -0.1) is 0 Å². The van der Waals surface area contributed by atoms with Crippen molar-refractivity contribution in [3.05, 3.63) is 90.3 Å². The topological polar surface area (TPSA) is 38.0 Å². The highest BCUT2D eigenvalue weighted by atomic mass is 14.9. The second-order valence-corrected chi connectivity index (χ2v) is 4.60. The first-order chi connectivity index (χ1) is 9.86. The van der Waals surface area contributed by atoms with Gasteiger partial charge in [0.15, 0.2) is 0 Å². The molecule has 98 valence electrons. The third kappa shape index (κ3) is 2.36. The van der Waals surface area contributed by atoms with Crippen molar-refractivity contribution in [1.82, 2.24) is 5.32 Å². The molecule has 0 unspecified atom stereocenters. The second-order valence-electron chi connectivity index (χ2n) is 4.60. The molecule has 1 aliphatic rings. The van der Waals surface area contributed by atoms with Crippen LogP contribution < -0.4 is 11.1 Å². The number of benzene rings is 2. The Balaban J connectivity index is 2.11. The van der Waals surface area contributed by atoms with Gasteiger partial charge >= 0.3 is 0 Å². The fourth-order valence-electron chi connectivity index (χ4n) is 2.29. The summed E-state index contributed by atoms with van der Waals surface area (Å²) in [6, 6.07) is 18.5. The summed E-state index contributed by atoms with van der Waals surface area (Å²) >= 11 is 0. The van der Waals surface area contributed by atoms with Crippen LogP contribution in [-0.2, 0) is 0 Å². The number of hydrogen-bond donors (Lipinski definition) is 2. The molecule has 0 saturated carbocycles. The standard InChI is InChI=1S/C18H16N2/c19-18(17-12-6-7-13-20-17)16-11-5-4-10-15(16)14-8-2-1-3-9-14/h1-13,20H,19H2/b18-17-. The van der Waals surface area contributed by atoms with Gasteiger partial charge in [-0.3, -0.25) is 0 Å². The fourth-order valence-corrected chi connectivity index (χ4v) is 2.29. The van der Waals surface area contributed by atoms with E-state index >= 15 is 0 Å². The molecule has 0 atom stereocenters. The van der Waals surface area contributed by atoms with Crippen LogP contribution >= 0.6 is 0 Å². The van der Waals surface area contributed by atoms with Gasteiger partial charge in [0, 0.05) is 11.8 Å². The number of allylic oxidation sites excluding steroid dienone is 3. The quantitative estimate of drug-likeness (QED) is 0.865. The van der Waals surface area contributed by atoms with Crippen LogP contribution in [0.5, 0.6) is 0 Å². The number of hydrogen-bond acceptors (Lipinski definition) is 2. The van der Waals surface area contributed by atoms with E-state index in [0.29, 0.717) is 0 Å². The minimum Gasteiger partial charge on any atom is -0.397 e. The van der Waals surface area contributed by atoms with Crippen LogP contribution in [0.2, 0.25) is 0 Å². The van der Waals surface area contributed by atoms with E-state index in [1.54, 1.807) is 0 Å². The molecule has 0 aliphatic carbocycles. The molecule has 2 nitrogen and oxygen atoms in total. The summed E-state index contributed by atoms with van der Waals surface area (Å²) < 4.78 is 0.